The third kappa shape index (κ3) is 3.99. The number of thioether (sulfide) groups is 1. The van der Waals surface area contributed by atoms with Gasteiger partial charge in [0, 0.05) is 23.2 Å². The second-order valence-electron chi connectivity index (χ2n) is 6.22. The van der Waals surface area contributed by atoms with Gasteiger partial charge in [-0.3, -0.25) is 9.20 Å². The number of nitrogens with zero attached hydrogens (tertiary/aromatic N) is 4. The minimum Gasteiger partial charge on any atom is -0.497 e. The first-order valence-electron chi connectivity index (χ1n) is 9.16. The molecule has 0 unspecified atom stereocenters. The Bertz CT molecular complexity index is 1120. The van der Waals surface area contributed by atoms with Crippen LogP contribution in [0.2, 0.25) is 0 Å². The van der Waals surface area contributed by atoms with Gasteiger partial charge in [-0.05, 0) is 31.2 Å². The average molecular weight is 425 g/mol. The smallest absolute Gasteiger partial charge is 0.237 e. The number of amides is 1. The second kappa shape index (κ2) is 8.67. The second-order valence-corrected chi connectivity index (χ2v) is 7.99. The zero-order valence-corrected chi connectivity index (χ0v) is 17.7. The van der Waals surface area contributed by atoms with Crippen LogP contribution in [0.5, 0.6) is 5.75 Å². The Balaban J connectivity index is 1.57. The molecule has 0 aliphatic heterocycles. The molecular weight excluding hydrogens is 404 g/mol. The number of benzene rings is 2. The molecule has 29 heavy (non-hydrogen) atoms. The summed E-state index contributed by atoms with van der Waals surface area (Å²) in [5.41, 5.74) is 2.90. The molecule has 0 saturated heterocycles. The van der Waals surface area contributed by atoms with Gasteiger partial charge in [0.2, 0.25) is 10.9 Å². The molecule has 148 valence electrons. The van der Waals surface area contributed by atoms with Crippen molar-refractivity contribution in [2.24, 2.45) is 0 Å². The molecule has 8 heteroatoms. The molecular formula is C21H20N4O2S2. The van der Waals surface area contributed by atoms with Crippen molar-refractivity contribution in [3.8, 4) is 17.0 Å². The number of aromatic nitrogens is 3. The molecule has 0 spiro atoms. The lowest BCUT2D eigenvalue weighted by Gasteiger charge is -2.20. The Morgan fingerprint density at radius 1 is 1.17 bits per heavy atom. The minimum atomic E-state index is 0.0404. The predicted molar refractivity (Wildman–Crippen MR) is 118 cm³/mol. The molecule has 0 aliphatic carbocycles. The number of hydrogen-bond acceptors (Lipinski definition) is 6. The number of carbonyl (C=O) groups excluding carboxylic acids is 1. The average Bonchev–Trinajstić information content (AvgIpc) is 3.36. The van der Waals surface area contributed by atoms with E-state index in [2.05, 4.69) is 10.2 Å². The summed E-state index contributed by atoms with van der Waals surface area (Å²) in [6.07, 6.45) is 0. The van der Waals surface area contributed by atoms with Crippen LogP contribution in [0.25, 0.3) is 16.2 Å². The van der Waals surface area contributed by atoms with E-state index in [1.54, 1.807) is 12.0 Å². The van der Waals surface area contributed by atoms with Gasteiger partial charge in [0.05, 0.1) is 18.6 Å². The summed E-state index contributed by atoms with van der Waals surface area (Å²) >= 11 is 2.92. The van der Waals surface area contributed by atoms with Crippen LogP contribution in [0.1, 0.15) is 6.92 Å². The number of fused-ring (bicyclic) bond motifs is 1. The molecule has 0 atom stereocenters. The zero-order chi connectivity index (χ0) is 20.2. The van der Waals surface area contributed by atoms with Crippen molar-refractivity contribution < 1.29 is 9.53 Å². The normalized spacial score (nSPS) is 11.0. The maximum atomic E-state index is 12.8. The van der Waals surface area contributed by atoms with Crippen molar-refractivity contribution in [2.45, 2.75) is 12.1 Å². The van der Waals surface area contributed by atoms with Crippen molar-refractivity contribution >= 4 is 39.7 Å². The van der Waals surface area contributed by atoms with E-state index in [-0.39, 0.29) is 11.7 Å². The van der Waals surface area contributed by atoms with Crippen molar-refractivity contribution in [2.75, 3.05) is 24.3 Å². The highest BCUT2D eigenvalue weighted by Gasteiger charge is 2.18. The van der Waals surface area contributed by atoms with Gasteiger partial charge in [0.15, 0.2) is 5.16 Å². The quantitative estimate of drug-likeness (QED) is 0.406. The van der Waals surface area contributed by atoms with Gasteiger partial charge in [-0.2, -0.15) is 0 Å². The number of thiazole rings is 1. The third-order valence-electron chi connectivity index (χ3n) is 4.50. The Labute approximate surface area is 177 Å². The van der Waals surface area contributed by atoms with E-state index in [0.717, 1.165) is 27.7 Å². The molecule has 0 bridgehead atoms. The summed E-state index contributed by atoms with van der Waals surface area (Å²) in [4.78, 5) is 15.4. The first kappa shape index (κ1) is 19.5. The standard InChI is InChI=1S/C21H20N4O2S2/c1-3-24(16-9-5-4-6-10-16)19(26)14-29-21-23-22-20-25(21)18(13-28-20)15-8-7-11-17(12-15)27-2/h4-13H,3,14H2,1-2H3. The molecule has 2 aromatic heterocycles. The highest BCUT2D eigenvalue weighted by atomic mass is 32.2. The van der Waals surface area contributed by atoms with Crippen molar-refractivity contribution in [3.63, 3.8) is 0 Å². The lowest BCUT2D eigenvalue weighted by Crippen LogP contribution is -2.32. The molecule has 2 heterocycles. The highest BCUT2D eigenvalue weighted by Crippen LogP contribution is 2.31. The Morgan fingerprint density at radius 2 is 2.00 bits per heavy atom. The van der Waals surface area contributed by atoms with Gasteiger partial charge in [0.25, 0.3) is 0 Å². The van der Waals surface area contributed by atoms with Crippen LogP contribution in [0.4, 0.5) is 5.69 Å². The molecule has 0 N–H and O–H groups in total. The number of anilines is 1. The van der Waals surface area contributed by atoms with E-state index in [1.165, 1.54) is 23.1 Å². The number of para-hydroxylation sites is 1. The summed E-state index contributed by atoms with van der Waals surface area (Å²) < 4.78 is 7.34. The van der Waals surface area contributed by atoms with Gasteiger partial charge in [-0.1, -0.05) is 42.1 Å². The third-order valence-corrected chi connectivity index (χ3v) is 6.23. The van der Waals surface area contributed by atoms with E-state index < -0.39 is 0 Å². The monoisotopic (exact) mass is 424 g/mol. The maximum absolute atomic E-state index is 12.8. The van der Waals surface area contributed by atoms with Crippen molar-refractivity contribution in [1.82, 2.24) is 14.6 Å². The summed E-state index contributed by atoms with van der Waals surface area (Å²) in [5.74, 6) is 1.12. The first-order valence-corrected chi connectivity index (χ1v) is 11.0. The number of methoxy groups -OCH3 is 1. The molecule has 2 aromatic carbocycles. The Morgan fingerprint density at radius 3 is 2.76 bits per heavy atom. The predicted octanol–water partition coefficient (Wildman–Crippen LogP) is 4.61. The Kier molecular flexibility index (Phi) is 5.82. The number of rotatable bonds is 7. The topological polar surface area (TPSA) is 59.7 Å². The van der Waals surface area contributed by atoms with Crippen LogP contribution < -0.4 is 9.64 Å². The van der Waals surface area contributed by atoms with E-state index in [0.29, 0.717) is 11.7 Å². The van der Waals surface area contributed by atoms with E-state index in [4.69, 9.17) is 4.74 Å². The minimum absolute atomic E-state index is 0.0404. The number of hydrogen-bond donors (Lipinski definition) is 0. The van der Waals surface area contributed by atoms with Gasteiger partial charge in [-0.25, -0.2) is 0 Å². The largest absolute Gasteiger partial charge is 0.497 e. The Hall–Kier alpha value is -2.84. The summed E-state index contributed by atoms with van der Waals surface area (Å²) in [7, 11) is 1.65. The fraction of sp³-hybridized carbons (Fsp3) is 0.190. The summed E-state index contributed by atoms with van der Waals surface area (Å²) in [6.45, 7) is 2.59. The summed E-state index contributed by atoms with van der Waals surface area (Å²) in [5, 5.41) is 11.3. The lowest BCUT2D eigenvalue weighted by molar-refractivity contribution is -0.116. The van der Waals surface area contributed by atoms with Gasteiger partial charge in [-0.15, -0.1) is 21.5 Å². The number of carbonyl (C=O) groups is 1. The van der Waals surface area contributed by atoms with Crippen molar-refractivity contribution in [1.29, 1.82) is 0 Å². The fourth-order valence-corrected chi connectivity index (χ4v) is 4.80. The molecule has 1 amide bonds. The van der Waals surface area contributed by atoms with Crippen LogP contribution in [0.15, 0.2) is 65.1 Å². The van der Waals surface area contributed by atoms with Crippen LogP contribution in [-0.2, 0) is 4.79 Å². The van der Waals surface area contributed by atoms with Gasteiger partial charge >= 0.3 is 0 Å². The van der Waals surface area contributed by atoms with E-state index in [1.807, 2.05) is 71.3 Å². The zero-order valence-electron chi connectivity index (χ0n) is 16.1. The molecule has 4 aromatic rings. The maximum Gasteiger partial charge on any atom is 0.237 e. The first-order chi connectivity index (χ1) is 14.2. The van der Waals surface area contributed by atoms with Crippen LogP contribution >= 0.6 is 23.1 Å². The fourth-order valence-electron chi connectivity index (χ4n) is 3.09. The van der Waals surface area contributed by atoms with E-state index >= 15 is 0 Å². The molecule has 0 fully saturated rings. The molecule has 4 rings (SSSR count). The van der Waals surface area contributed by atoms with Crippen molar-refractivity contribution in [3.05, 3.63) is 60.0 Å². The summed E-state index contributed by atoms with van der Waals surface area (Å²) in [6, 6.07) is 17.6. The van der Waals surface area contributed by atoms with Crippen LogP contribution in [0, 0.1) is 0 Å². The van der Waals surface area contributed by atoms with Gasteiger partial charge in [0.1, 0.15) is 5.75 Å². The SMILES string of the molecule is CCN(C(=O)CSc1nnc2scc(-c3cccc(OC)c3)n12)c1ccccc1. The van der Waals surface area contributed by atoms with E-state index in [9.17, 15) is 4.79 Å². The van der Waals surface area contributed by atoms with Crippen LogP contribution in [-0.4, -0.2) is 39.9 Å². The highest BCUT2D eigenvalue weighted by molar-refractivity contribution is 7.99. The molecule has 0 radical (unpaired) electrons. The van der Waals surface area contributed by atoms with Gasteiger partial charge < -0.3 is 9.64 Å². The lowest BCUT2D eigenvalue weighted by atomic mass is 10.1. The molecule has 0 saturated carbocycles. The van der Waals surface area contributed by atoms with Crippen LogP contribution in [0.3, 0.4) is 0 Å². The molecule has 0 aliphatic rings. The molecule has 6 nitrogen and oxygen atoms in total. The number of ether oxygens (including phenoxy) is 1.